The molecule has 4 N–H and O–H groups in total. The SMILES string of the molecule is [NH3+]c1ccccc1C(=O)O. The molecule has 0 bridgehead atoms. The summed E-state index contributed by atoms with van der Waals surface area (Å²) in [6.45, 7) is 0. The van der Waals surface area contributed by atoms with Gasteiger partial charge < -0.3 is 10.8 Å². The number of carbonyl (C=O) groups is 1. The van der Waals surface area contributed by atoms with Gasteiger partial charge in [0.1, 0.15) is 11.3 Å². The van der Waals surface area contributed by atoms with Crippen LogP contribution >= 0.6 is 0 Å². The Hall–Kier alpha value is -1.35. The fourth-order valence-electron chi connectivity index (χ4n) is 0.729. The molecule has 0 aromatic heterocycles. The minimum Gasteiger partial charge on any atom is -0.477 e. The van der Waals surface area contributed by atoms with Crippen LogP contribution < -0.4 is 5.73 Å². The third-order valence-electron chi connectivity index (χ3n) is 1.25. The normalized spacial score (nSPS) is 9.30. The van der Waals surface area contributed by atoms with Gasteiger partial charge in [-0.15, -0.1) is 0 Å². The van der Waals surface area contributed by atoms with Crippen molar-refractivity contribution in [2.24, 2.45) is 0 Å². The summed E-state index contributed by atoms with van der Waals surface area (Å²) in [6.07, 6.45) is 0. The number of carboxylic acids is 1. The van der Waals surface area contributed by atoms with Crippen LogP contribution in [0.2, 0.25) is 0 Å². The first kappa shape index (κ1) is 6.77. The van der Waals surface area contributed by atoms with E-state index in [9.17, 15) is 4.79 Å². The Kier molecular flexibility index (Phi) is 1.69. The van der Waals surface area contributed by atoms with E-state index in [0.29, 0.717) is 5.69 Å². The maximum absolute atomic E-state index is 10.4. The number of hydrogen-bond acceptors (Lipinski definition) is 1. The van der Waals surface area contributed by atoms with Gasteiger partial charge in [-0.05, 0) is 12.1 Å². The summed E-state index contributed by atoms with van der Waals surface area (Å²) in [4.78, 5) is 10.4. The molecule has 0 radical (unpaired) electrons. The highest BCUT2D eigenvalue weighted by atomic mass is 16.4. The topological polar surface area (TPSA) is 64.9 Å². The zero-order chi connectivity index (χ0) is 7.56. The largest absolute Gasteiger partial charge is 0.477 e. The summed E-state index contributed by atoms with van der Waals surface area (Å²) < 4.78 is 0. The van der Waals surface area contributed by atoms with Crippen LogP contribution in [0.25, 0.3) is 0 Å². The highest BCUT2D eigenvalue weighted by Gasteiger charge is 2.07. The third-order valence-corrected chi connectivity index (χ3v) is 1.25. The molecule has 52 valence electrons. The van der Waals surface area contributed by atoms with Crippen molar-refractivity contribution in [1.82, 2.24) is 0 Å². The third kappa shape index (κ3) is 1.14. The van der Waals surface area contributed by atoms with Crippen LogP contribution in [0.15, 0.2) is 24.3 Å². The lowest BCUT2D eigenvalue weighted by molar-refractivity contribution is -0.255. The minimum atomic E-state index is -0.925. The van der Waals surface area contributed by atoms with Crippen LogP contribution in [0, 0.1) is 0 Å². The van der Waals surface area contributed by atoms with Crippen LogP contribution in [0.1, 0.15) is 10.4 Å². The summed E-state index contributed by atoms with van der Waals surface area (Å²) in [5.41, 5.74) is 4.38. The number of benzene rings is 1. The molecule has 1 aromatic carbocycles. The van der Waals surface area contributed by atoms with E-state index in [1.165, 1.54) is 6.07 Å². The quantitative estimate of drug-likeness (QED) is 0.584. The maximum atomic E-state index is 10.4. The first-order chi connectivity index (χ1) is 4.72. The number of quaternary nitrogens is 1. The molecular formula is C7H8NO2+. The van der Waals surface area contributed by atoms with Crippen LogP contribution in [-0.4, -0.2) is 11.1 Å². The molecule has 0 aliphatic carbocycles. The van der Waals surface area contributed by atoms with Crippen molar-refractivity contribution in [3.8, 4) is 0 Å². The summed E-state index contributed by atoms with van der Waals surface area (Å²) >= 11 is 0. The van der Waals surface area contributed by atoms with Gasteiger partial charge in [-0.3, -0.25) is 0 Å². The van der Waals surface area contributed by atoms with E-state index in [0.717, 1.165) is 0 Å². The molecule has 0 saturated carbocycles. The molecule has 1 rings (SSSR count). The van der Waals surface area contributed by atoms with Crippen molar-refractivity contribution >= 4 is 11.7 Å². The van der Waals surface area contributed by atoms with Gasteiger partial charge in [0.05, 0.1) is 0 Å². The summed E-state index contributed by atoms with van der Waals surface area (Å²) in [5, 5.41) is 8.53. The average Bonchev–Trinajstić information content (AvgIpc) is 1.88. The Labute approximate surface area is 58.1 Å². The molecular weight excluding hydrogens is 130 g/mol. The molecule has 0 aliphatic heterocycles. The Morgan fingerprint density at radius 3 is 2.40 bits per heavy atom. The zero-order valence-electron chi connectivity index (χ0n) is 5.37. The summed E-state index contributed by atoms with van der Waals surface area (Å²) in [6, 6.07) is 6.64. The Balaban J connectivity index is 3.15. The van der Waals surface area contributed by atoms with Crippen molar-refractivity contribution < 1.29 is 15.6 Å². The van der Waals surface area contributed by atoms with Crippen molar-refractivity contribution in [2.75, 3.05) is 0 Å². The number of carboxylic acid groups (broad SMARTS) is 1. The second-order valence-electron chi connectivity index (χ2n) is 1.96. The van der Waals surface area contributed by atoms with Gasteiger partial charge in [0, 0.05) is 0 Å². The second-order valence-corrected chi connectivity index (χ2v) is 1.96. The number of hydrogen-bond donors (Lipinski definition) is 2. The van der Waals surface area contributed by atoms with Crippen LogP contribution in [-0.2, 0) is 0 Å². The van der Waals surface area contributed by atoms with Crippen molar-refractivity contribution in [3.63, 3.8) is 0 Å². The summed E-state index contributed by atoms with van der Waals surface area (Å²) in [5.74, 6) is -0.925. The van der Waals surface area contributed by atoms with Crippen molar-refractivity contribution in [3.05, 3.63) is 29.8 Å². The van der Waals surface area contributed by atoms with Gasteiger partial charge in [-0.2, -0.15) is 0 Å². The lowest BCUT2D eigenvalue weighted by atomic mass is 10.2. The molecule has 0 atom stereocenters. The van der Waals surface area contributed by atoms with E-state index in [4.69, 9.17) is 5.11 Å². The average molecular weight is 138 g/mol. The van der Waals surface area contributed by atoms with Crippen LogP contribution in [0.5, 0.6) is 0 Å². The standard InChI is InChI=1S/C7H7NO2/c8-6-4-2-1-3-5(6)7(9)10/h1-4H,8H2,(H,9,10)/p+1. The minimum absolute atomic E-state index is 0.266. The molecule has 1 aromatic rings. The van der Waals surface area contributed by atoms with E-state index in [1.54, 1.807) is 18.2 Å². The predicted octanol–water partition coefficient (Wildman–Crippen LogP) is 0.258. The van der Waals surface area contributed by atoms with Gasteiger partial charge in [-0.25, -0.2) is 4.79 Å². The van der Waals surface area contributed by atoms with Crippen LogP contribution in [0.4, 0.5) is 5.69 Å². The molecule has 0 heterocycles. The smallest absolute Gasteiger partial charge is 0.341 e. The highest BCUT2D eigenvalue weighted by molar-refractivity contribution is 5.91. The summed E-state index contributed by atoms with van der Waals surface area (Å²) in [7, 11) is 0. The molecule has 0 spiro atoms. The number of aromatic carboxylic acids is 1. The van der Waals surface area contributed by atoms with E-state index in [1.807, 2.05) is 0 Å². The van der Waals surface area contributed by atoms with Gasteiger partial charge in [0.15, 0.2) is 0 Å². The van der Waals surface area contributed by atoms with E-state index in [-0.39, 0.29) is 5.56 Å². The van der Waals surface area contributed by atoms with E-state index >= 15 is 0 Å². The van der Waals surface area contributed by atoms with E-state index < -0.39 is 5.97 Å². The van der Waals surface area contributed by atoms with Gasteiger partial charge in [-0.1, -0.05) is 12.1 Å². The first-order valence-electron chi connectivity index (χ1n) is 2.86. The Morgan fingerprint density at radius 2 is 2.00 bits per heavy atom. The van der Waals surface area contributed by atoms with Gasteiger partial charge in [0.25, 0.3) is 0 Å². The fourth-order valence-corrected chi connectivity index (χ4v) is 0.729. The van der Waals surface area contributed by atoms with Crippen molar-refractivity contribution in [1.29, 1.82) is 0 Å². The Bertz CT molecular complexity index is 258. The van der Waals surface area contributed by atoms with E-state index in [2.05, 4.69) is 5.73 Å². The molecule has 3 heteroatoms. The number of rotatable bonds is 1. The van der Waals surface area contributed by atoms with Crippen molar-refractivity contribution in [2.45, 2.75) is 0 Å². The highest BCUT2D eigenvalue weighted by Crippen LogP contribution is 2.06. The molecule has 0 fully saturated rings. The lowest BCUT2D eigenvalue weighted by Gasteiger charge is -1.92. The molecule has 0 unspecified atom stereocenters. The van der Waals surface area contributed by atoms with Gasteiger partial charge in [0.2, 0.25) is 0 Å². The molecule has 10 heavy (non-hydrogen) atoms. The lowest BCUT2D eigenvalue weighted by Crippen LogP contribution is -2.41. The zero-order valence-corrected chi connectivity index (χ0v) is 5.37. The predicted molar refractivity (Wildman–Crippen MR) is 35.9 cm³/mol. The molecule has 0 amide bonds. The van der Waals surface area contributed by atoms with Crippen LogP contribution in [0.3, 0.4) is 0 Å². The second kappa shape index (κ2) is 2.49. The van der Waals surface area contributed by atoms with Gasteiger partial charge >= 0.3 is 5.97 Å². The molecule has 3 nitrogen and oxygen atoms in total. The fraction of sp³-hybridized carbons (Fsp3) is 0. The first-order valence-corrected chi connectivity index (χ1v) is 2.86. The molecule has 0 aliphatic rings. The molecule has 0 saturated heterocycles. The monoisotopic (exact) mass is 138 g/mol. The Morgan fingerprint density at radius 1 is 1.40 bits per heavy atom. The maximum Gasteiger partial charge on any atom is 0.341 e.